The van der Waals surface area contributed by atoms with Gasteiger partial charge in [-0.3, -0.25) is 4.79 Å². The number of carbonyl (C=O) groups excluding carboxylic acids is 2. The molecule has 5 nitrogen and oxygen atoms in total. The van der Waals surface area contributed by atoms with Gasteiger partial charge in [0.25, 0.3) is 5.91 Å². The van der Waals surface area contributed by atoms with Crippen LogP contribution >= 0.6 is 0 Å². The largest absolute Gasteiger partial charge is 0.352 e. The van der Waals surface area contributed by atoms with Crippen LogP contribution in [0.4, 0.5) is 4.79 Å². The number of benzene rings is 2. The summed E-state index contributed by atoms with van der Waals surface area (Å²) in [6, 6.07) is 17.1. The quantitative estimate of drug-likeness (QED) is 0.907. The van der Waals surface area contributed by atoms with Gasteiger partial charge in [0.15, 0.2) is 0 Å². The van der Waals surface area contributed by atoms with Crippen molar-refractivity contribution in [2.45, 2.75) is 18.9 Å². The van der Waals surface area contributed by atoms with E-state index in [1.165, 1.54) is 5.56 Å². The summed E-state index contributed by atoms with van der Waals surface area (Å²) in [4.78, 5) is 25.3. The Bertz CT molecular complexity index is 713. The molecule has 3 N–H and O–H groups in total. The van der Waals surface area contributed by atoms with Crippen LogP contribution in [0, 0.1) is 0 Å². The van der Waals surface area contributed by atoms with Crippen molar-refractivity contribution in [2.75, 3.05) is 13.1 Å². The van der Waals surface area contributed by atoms with E-state index in [0.29, 0.717) is 18.0 Å². The number of hydrogen-bond acceptors (Lipinski definition) is 2. The molecule has 1 atom stereocenters. The maximum atomic E-state index is 12.6. The van der Waals surface area contributed by atoms with Crippen LogP contribution < -0.4 is 11.1 Å². The summed E-state index contributed by atoms with van der Waals surface area (Å²) >= 11 is 0. The molecule has 5 heteroatoms. The van der Waals surface area contributed by atoms with Crippen LogP contribution in [0.3, 0.4) is 0 Å². The summed E-state index contributed by atoms with van der Waals surface area (Å²) in [6.07, 6.45) is 0.996. The van der Waals surface area contributed by atoms with Crippen LogP contribution in [0.25, 0.3) is 0 Å². The number of likely N-dealkylation sites (tertiary alicyclic amines) is 1. The first-order valence-corrected chi connectivity index (χ1v) is 8.10. The van der Waals surface area contributed by atoms with Crippen molar-refractivity contribution in [1.29, 1.82) is 0 Å². The Hall–Kier alpha value is -2.82. The smallest absolute Gasteiger partial charge is 0.312 e. The first-order valence-electron chi connectivity index (χ1n) is 8.10. The summed E-state index contributed by atoms with van der Waals surface area (Å²) in [5, 5.41) is 2.53. The van der Waals surface area contributed by atoms with Gasteiger partial charge >= 0.3 is 6.03 Å². The van der Waals surface area contributed by atoms with E-state index >= 15 is 0 Å². The second kappa shape index (κ2) is 7.17. The Labute approximate surface area is 141 Å². The average Bonchev–Trinajstić information content (AvgIpc) is 3.10. The Kier molecular flexibility index (Phi) is 4.79. The SMILES string of the molecule is NC(=O)NCc1ccc(C(=O)N2CCC(c3ccccc3)C2)cc1. The Morgan fingerprint density at radius 1 is 1.08 bits per heavy atom. The molecule has 1 saturated heterocycles. The molecule has 1 heterocycles. The second-order valence-corrected chi connectivity index (χ2v) is 6.06. The summed E-state index contributed by atoms with van der Waals surface area (Å²) in [7, 11) is 0. The summed E-state index contributed by atoms with van der Waals surface area (Å²) in [5.74, 6) is 0.469. The van der Waals surface area contributed by atoms with Crippen LogP contribution in [0.15, 0.2) is 54.6 Å². The minimum Gasteiger partial charge on any atom is -0.352 e. The van der Waals surface area contributed by atoms with Crippen LogP contribution in [0.5, 0.6) is 0 Å². The highest BCUT2D eigenvalue weighted by Gasteiger charge is 2.27. The van der Waals surface area contributed by atoms with Crippen LogP contribution in [-0.2, 0) is 6.54 Å². The first kappa shape index (κ1) is 16.1. The van der Waals surface area contributed by atoms with Gasteiger partial charge < -0.3 is 16.0 Å². The molecule has 3 rings (SSSR count). The number of primary amides is 1. The molecule has 1 aliphatic heterocycles. The monoisotopic (exact) mass is 323 g/mol. The normalized spacial score (nSPS) is 16.8. The Balaban J connectivity index is 1.61. The van der Waals surface area contributed by atoms with Crippen LogP contribution in [0.1, 0.15) is 33.8 Å². The molecule has 2 aromatic carbocycles. The maximum Gasteiger partial charge on any atom is 0.312 e. The summed E-state index contributed by atoms with van der Waals surface area (Å²) < 4.78 is 0. The van der Waals surface area contributed by atoms with E-state index in [1.54, 1.807) is 12.1 Å². The van der Waals surface area contributed by atoms with Gasteiger partial charge in [0.1, 0.15) is 0 Å². The average molecular weight is 323 g/mol. The van der Waals surface area contributed by atoms with Crippen molar-refractivity contribution in [1.82, 2.24) is 10.2 Å². The summed E-state index contributed by atoms with van der Waals surface area (Å²) in [5.41, 5.74) is 7.93. The number of rotatable bonds is 4. The van der Waals surface area contributed by atoms with Crippen molar-refractivity contribution >= 4 is 11.9 Å². The van der Waals surface area contributed by atoms with Gasteiger partial charge in [-0.1, -0.05) is 42.5 Å². The predicted molar refractivity (Wildman–Crippen MR) is 92.6 cm³/mol. The second-order valence-electron chi connectivity index (χ2n) is 6.06. The fraction of sp³-hybridized carbons (Fsp3) is 0.263. The van der Waals surface area contributed by atoms with E-state index in [2.05, 4.69) is 17.4 Å². The van der Waals surface area contributed by atoms with Gasteiger partial charge in [0, 0.05) is 31.1 Å². The van der Waals surface area contributed by atoms with E-state index in [9.17, 15) is 9.59 Å². The number of carbonyl (C=O) groups is 2. The topological polar surface area (TPSA) is 75.4 Å². The molecule has 124 valence electrons. The molecule has 0 aliphatic carbocycles. The van der Waals surface area contributed by atoms with Crippen molar-refractivity contribution in [3.05, 3.63) is 71.3 Å². The molecule has 1 unspecified atom stereocenters. The van der Waals surface area contributed by atoms with Crippen molar-refractivity contribution in [2.24, 2.45) is 5.73 Å². The van der Waals surface area contributed by atoms with Gasteiger partial charge in [-0.2, -0.15) is 0 Å². The number of amides is 3. The lowest BCUT2D eigenvalue weighted by Gasteiger charge is -2.17. The molecule has 24 heavy (non-hydrogen) atoms. The third kappa shape index (κ3) is 3.74. The van der Waals surface area contributed by atoms with Gasteiger partial charge in [0.2, 0.25) is 0 Å². The molecule has 0 spiro atoms. The molecule has 0 saturated carbocycles. The highest BCUT2D eigenvalue weighted by molar-refractivity contribution is 5.94. The zero-order valence-electron chi connectivity index (χ0n) is 13.4. The minimum absolute atomic E-state index is 0.0582. The fourth-order valence-electron chi connectivity index (χ4n) is 3.08. The highest BCUT2D eigenvalue weighted by atomic mass is 16.2. The zero-order valence-corrected chi connectivity index (χ0v) is 13.4. The van der Waals surface area contributed by atoms with E-state index in [-0.39, 0.29) is 5.91 Å². The maximum absolute atomic E-state index is 12.6. The number of nitrogens with one attached hydrogen (secondary N) is 1. The molecular weight excluding hydrogens is 302 g/mol. The predicted octanol–water partition coefficient (Wildman–Crippen LogP) is 2.48. The lowest BCUT2D eigenvalue weighted by molar-refractivity contribution is 0.0790. The summed E-state index contributed by atoms with van der Waals surface area (Å²) in [6.45, 7) is 1.90. The molecule has 2 aromatic rings. The van der Waals surface area contributed by atoms with E-state index in [0.717, 1.165) is 25.1 Å². The number of nitrogens with zero attached hydrogens (tertiary/aromatic N) is 1. The lowest BCUT2D eigenvalue weighted by Crippen LogP contribution is -2.29. The zero-order chi connectivity index (χ0) is 16.9. The van der Waals surface area contributed by atoms with Crippen molar-refractivity contribution in [3.8, 4) is 0 Å². The molecule has 0 radical (unpaired) electrons. The third-order valence-electron chi connectivity index (χ3n) is 4.41. The molecule has 1 aliphatic rings. The van der Waals surface area contributed by atoms with E-state index in [1.807, 2.05) is 35.2 Å². The van der Waals surface area contributed by atoms with Gasteiger partial charge in [0.05, 0.1) is 0 Å². The van der Waals surface area contributed by atoms with Crippen molar-refractivity contribution in [3.63, 3.8) is 0 Å². The highest BCUT2D eigenvalue weighted by Crippen LogP contribution is 2.27. The molecular formula is C19H21N3O2. The van der Waals surface area contributed by atoms with Crippen LogP contribution in [0.2, 0.25) is 0 Å². The molecule has 0 bridgehead atoms. The van der Waals surface area contributed by atoms with E-state index < -0.39 is 6.03 Å². The van der Waals surface area contributed by atoms with Gasteiger partial charge in [-0.05, 0) is 29.7 Å². The standard InChI is InChI=1S/C19H21N3O2/c20-19(24)21-12-14-6-8-16(9-7-14)18(23)22-11-10-17(13-22)15-4-2-1-3-5-15/h1-9,17H,10-13H2,(H3,20,21,24). The fourth-order valence-corrected chi connectivity index (χ4v) is 3.08. The first-order chi connectivity index (χ1) is 11.6. The molecule has 1 fully saturated rings. The molecule has 3 amide bonds. The Morgan fingerprint density at radius 2 is 1.79 bits per heavy atom. The molecule has 0 aromatic heterocycles. The lowest BCUT2D eigenvalue weighted by atomic mass is 9.99. The van der Waals surface area contributed by atoms with Gasteiger partial charge in [-0.15, -0.1) is 0 Å². The van der Waals surface area contributed by atoms with Gasteiger partial charge in [-0.25, -0.2) is 4.79 Å². The number of nitrogens with two attached hydrogens (primary N) is 1. The van der Waals surface area contributed by atoms with Crippen molar-refractivity contribution < 1.29 is 9.59 Å². The Morgan fingerprint density at radius 3 is 2.46 bits per heavy atom. The van der Waals surface area contributed by atoms with Crippen LogP contribution in [-0.4, -0.2) is 29.9 Å². The number of hydrogen-bond donors (Lipinski definition) is 2. The number of urea groups is 1. The third-order valence-corrected chi connectivity index (χ3v) is 4.41. The minimum atomic E-state index is -0.556. The van der Waals surface area contributed by atoms with E-state index in [4.69, 9.17) is 5.73 Å².